The Hall–Kier alpha value is -2.11. The third-order valence-corrected chi connectivity index (χ3v) is 4.51. The lowest BCUT2D eigenvalue weighted by Gasteiger charge is -2.18. The van der Waals surface area contributed by atoms with Crippen molar-refractivity contribution in [2.45, 2.75) is 20.3 Å². The first-order valence-electron chi connectivity index (χ1n) is 8.96. The van der Waals surface area contributed by atoms with Gasteiger partial charge in [0.15, 0.2) is 0 Å². The predicted molar refractivity (Wildman–Crippen MR) is 112 cm³/mol. The molecule has 26 heavy (non-hydrogen) atoms. The number of nitrogens with zero attached hydrogens (tertiary/aromatic N) is 3. The first-order chi connectivity index (χ1) is 12.2. The lowest BCUT2D eigenvalue weighted by molar-refractivity contribution is 0.303. The topological polar surface area (TPSA) is 50.3 Å². The van der Waals surface area contributed by atoms with Crippen molar-refractivity contribution in [3.8, 4) is 5.75 Å². The molecule has 0 radical (unpaired) electrons. The van der Waals surface area contributed by atoms with Gasteiger partial charge in [-0.3, -0.25) is 0 Å². The Morgan fingerprint density at radius 1 is 1.00 bits per heavy atom. The maximum absolute atomic E-state index is 5.44. The molecule has 0 spiro atoms. The summed E-state index contributed by atoms with van der Waals surface area (Å²) >= 11 is 0. The van der Waals surface area contributed by atoms with Crippen LogP contribution < -0.4 is 10.1 Å². The Labute approximate surface area is 161 Å². The molecule has 0 fully saturated rings. The molecule has 1 aromatic heterocycles. The number of nitrogens with one attached hydrogen (secondary N) is 1. The van der Waals surface area contributed by atoms with Crippen LogP contribution in [0.3, 0.4) is 0 Å². The van der Waals surface area contributed by atoms with Crippen LogP contribution in [0.1, 0.15) is 20.3 Å². The lowest BCUT2D eigenvalue weighted by Crippen LogP contribution is -2.25. The van der Waals surface area contributed by atoms with Gasteiger partial charge >= 0.3 is 0 Å². The van der Waals surface area contributed by atoms with Gasteiger partial charge in [-0.25, -0.2) is 9.97 Å². The minimum atomic E-state index is 0. The maximum atomic E-state index is 5.44. The van der Waals surface area contributed by atoms with Gasteiger partial charge in [-0.1, -0.05) is 26.0 Å². The molecule has 0 aliphatic carbocycles. The average Bonchev–Trinajstić information content (AvgIpc) is 2.66. The standard InChI is InChI=1S/C20H26N4O.ClH/c1-4-24(5-2)12-8-11-21-18-13-15(25-3)14-19-20(18)23-17-10-7-6-9-16(17)22-19;/h6-7,9-10,13-14,21H,4-5,8,11-12H2,1-3H3;1H. The first-order valence-corrected chi connectivity index (χ1v) is 8.96. The molecule has 0 aliphatic heterocycles. The van der Waals surface area contributed by atoms with E-state index in [2.05, 4.69) is 24.1 Å². The van der Waals surface area contributed by atoms with Crippen LogP contribution in [-0.2, 0) is 0 Å². The van der Waals surface area contributed by atoms with E-state index in [1.165, 1.54) is 0 Å². The van der Waals surface area contributed by atoms with Gasteiger partial charge in [0, 0.05) is 18.7 Å². The number of rotatable bonds is 8. The van der Waals surface area contributed by atoms with E-state index in [0.29, 0.717) is 0 Å². The quantitative estimate of drug-likeness (QED) is 0.469. The lowest BCUT2D eigenvalue weighted by atomic mass is 10.2. The first kappa shape index (κ1) is 20.2. The smallest absolute Gasteiger partial charge is 0.123 e. The third kappa shape index (κ3) is 4.54. The SMILES string of the molecule is CCN(CC)CCCNc1cc(OC)cc2nc3ccccc3nc12.Cl. The number of fused-ring (bicyclic) bond motifs is 2. The van der Waals surface area contributed by atoms with Crippen LogP contribution in [0, 0.1) is 0 Å². The number of anilines is 1. The number of hydrogen-bond acceptors (Lipinski definition) is 5. The molecule has 0 saturated heterocycles. The zero-order chi connectivity index (χ0) is 17.6. The van der Waals surface area contributed by atoms with Crippen molar-refractivity contribution in [1.82, 2.24) is 14.9 Å². The largest absolute Gasteiger partial charge is 0.497 e. The summed E-state index contributed by atoms with van der Waals surface area (Å²) in [5, 5.41) is 3.52. The van der Waals surface area contributed by atoms with E-state index in [1.807, 2.05) is 36.4 Å². The van der Waals surface area contributed by atoms with E-state index in [9.17, 15) is 0 Å². The Morgan fingerprint density at radius 3 is 2.35 bits per heavy atom. The minimum absolute atomic E-state index is 0. The Kier molecular flexibility index (Phi) is 7.42. The number of benzene rings is 2. The van der Waals surface area contributed by atoms with Crippen LogP contribution >= 0.6 is 12.4 Å². The average molecular weight is 375 g/mol. The zero-order valence-corrected chi connectivity index (χ0v) is 16.5. The highest BCUT2D eigenvalue weighted by Crippen LogP contribution is 2.28. The van der Waals surface area contributed by atoms with Crippen LogP contribution in [0.5, 0.6) is 5.75 Å². The van der Waals surface area contributed by atoms with Crippen molar-refractivity contribution in [2.24, 2.45) is 0 Å². The van der Waals surface area contributed by atoms with Crippen LogP contribution in [0.15, 0.2) is 36.4 Å². The minimum Gasteiger partial charge on any atom is -0.497 e. The maximum Gasteiger partial charge on any atom is 0.123 e. The van der Waals surface area contributed by atoms with Gasteiger partial charge in [-0.2, -0.15) is 0 Å². The summed E-state index contributed by atoms with van der Waals surface area (Å²) in [6.07, 6.45) is 1.08. The van der Waals surface area contributed by atoms with Gasteiger partial charge < -0.3 is 15.0 Å². The molecule has 6 heteroatoms. The number of methoxy groups -OCH3 is 1. The molecular formula is C20H27ClN4O. The second-order valence-electron chi connectivity index (χ2n) is 6.06. The van der Waals surface area contributed by atoms with Crippen molar-refractivity contribution in [1.29, 1.82) is 0 Å². The van der Waals surface area contributed by atoms with E-state index in [4.69, 9.17) is 14.7 Å². The van der Waals surface area contributed by atoms with Crippen molar-refractivity contribution in [2.75, 3.05) is 38.6 Å². The second kappa shape index (κ2) is 9.55. The van der Waals surface area contributed by atoms with Crippen molar-refractivity contribution < 1.29 is 4.74 Å². The van der Waals surface area contributed by atoms with Crippen molar-refractivity contribution >= 4 is 40.2 Å². The monoisotopic (exact) mass is 374 g/mol. The number of aromatic nitrogens is 2. The summed E-state index contributed by atoms with van der Waals surface area (Å²) in [5.74, 6) is 0.795. The molecule has 3 aromatic rings. The van der Waals surface area contributed by atoms with Crippen LogP contribution in [0.2, 0.25) is 0 Å². The van der Waals surface area contributed by atoms with E-state index >= 15 is 0 Å². The molecule has 0 bridgehead atoms. The molecule has 0 aliphatic rings. The Balaban J connectivity index is 0.00000243. The molecule has 0 unspecified atom stereocenters. The molecule has 1 heterocycles. The summed E-state index contributed by atoms with van der Waals surface area (Å²) in [7, 11) is 1.68. The third-order valence-electron chi connectivity index (χ3n) is 4.51. The molecule has 0 atom stereocenters. The molecule has 3 rings (SSSR count). The summed E-state index contributed by atoms with van der Waals surface area (Å²) in [5.41, 5.74) is 4.53. The van der Waals surface area contributed by atoms with Gasteiger partial charge in [0.05, 0.1) is 29.3 Å². The number of hydrogen-bond donors (Lipinski definition) is 1. The van der Waals surface area contributed by atoms with Crippen molar-refractivity contribution in [3.05, 3.63) is 36.4 Å². The second-order valence-corrected chi connectivity index (χ2v) is 6.06. The predicted octanol–water partition coefficient (Wildman–Crippen LogP) is 4.36. The Morgan fingerprint density at radius 2 is 1.69 bits per heavy atom. The molecule has 2 aromatic carbocycles. The summed E-state index contributed by atoms with van der Waals surface area (Å²) in [4.78, 5) is 12.0. The summed E-state index contributed by atoms with van der Waals surface area (Å²) < 4.78 is 5.44. The van der Waals surface area contributed by atoms with Crippen LogP contribution in [0.25, 0.3) is 22.1 Å². The molecular weight excluding hydrogens is 348 g/mol. The summed E-state index contributed by atoms with van der Waals surface area (Å²) in [6.45, 7) is 8.58. The van der Waals surface area contributed by atoms with E-state index < -0.39 is 0 Å². The fourth-order valence-electron chi connectivity index (χ4n) is 3.02. The van der Waals surface area contributed by atoms with Gasteiger partial charge in [-0.05, 0) is 38.2 Å². The molecule has 1 N–H and O–H groups in total. The highest BCUT2D eigenvalue weighted by Gasteiger charge is 2.09. The molecule has 0 amide bonds. The van der Waals surface area contributed by atoms with Crippen LogP contribution in [-0.4, -0.2) is 48.2 Å². The number of halogens is 1. The number of para-hydroxylation sites is 2. The zero-order valence-electron chi connectivity index (χ0n) is 15.7. The molecule has 140 valence electrons. The fraction of sp³-hybridized carbons (Fsp3) is 0.400. The fourth-order valence-corrected chi connectivity index (χ4v) is 3.02. The van der Waals surface area contributed by atoms with Gasteiger partial charge in [-0.15, -0.1) is 12.4 Å². The molecule has 0 saturated carbocycles. The normalized spacial score (nSPS) is 10.9. The molecule has 5 nitrogen and oxygen atoms in total. The highest BCUT2D eigenvalue weighted by molar-refractivity contribution is 5.94. The highest BCUT2D eigenvalue weighted by atomic mass is 35.5. The summed E-state index contributed by atoms with van der Waals surface area (Å²) in [6, 6.07) is 11.9. The number of ether oxygens (including phenoxy) is 1. The Bertz CT molecular complexity index is 852. The van der Waals surface area contributed by atoms with Gasteiger partial charge in [0.2, 0.25) is 0 Å². The van der Waals surface area contributed by atoms with Gasteiger partial charge in [0.1, 0.15) is 11.3 Å². The van der Waals surface area contributed by atoms with E-state index in [0.717, 1.165) is 66.1 Å². The van der Waals surface area contributed by atoms with Crippen LogP contribution in [0.4, 0.5) is 5.69 Å². The van der Waals surface area contributed by atoms with Crippen molar-refractivity contribution in [3.63, 3.8) is 0 Å². The van der Waals surface area contributed by atoms with E-state index in [1.54, 1.807) is 7.11 Å². The van der Waals surface area contributed by atoms with E-state index in [-0.39, 0.29) is 12.4 Å². The van der Waals surface area contributed by atoms with Gasteiger partial charge in [0.25, 0.3) is 0 Å².